The number of nitrogens with zero attached hydrogens (tertiary/aromatic N) is 3. The van der Waals surface area contributed by atoms with Crippen molar-refractivity contribution in [1.29, 1.82) is 0 Å². The highest BCUT2D eigenvalue weighted by molar-refractivity contribution is 5.75. The van der Waals surface area contributed by atoms with E-state index >= 15 is 0 Å². The Morgan fingerprint density at radius 2 is 1.71 bits per heavy atom. The Balaban J connectivity index is 1.82. The zero-order chi connectivity index (χ0) is 19.6. The molecule has 6 nitrogen and oxygen atoms in total. The fraction of sp³-hybridized carbons (Fsp3) is 0.150. The van der Waals surface area contributed by atoms with Crippen LogP contribution in [0, 0.1) is 0 Å². The molecule has 0 amide bonds. The predicted octanol–water partition coefficient (Wildman–Crippen LogP) is 3.33. The van der Waals surface area contributed by atoms with Gasteiger partial charge in [0.1, 0.15) is 18.7 Å². The molecule has 2 heterocycles. The molecular formula is C20H16F2N4O2. The molecule has 142 valence electrons. The molecule has 0 saturated heterocycles. The molecule has 1 atom stereocenters. The van der Waals surface area contributed by atoms with Crippen molar-refractivity contribution < 1.29 is 18.3 Å². The van der Waals surface area contributed by atoms with Gasteiger partial charge in [-0.1, -0.05) is 30.3 Å². The molecule has 1 aliphatic heterocycles. The molecule has 3 aromatic rings. The summed E-state index contributed by atoms with van der Waals surface area (Å²) in [5, 5.41) is 0. The number of hydrogen-bond acceptors (Lipinski definition) is 6. The Kier molecular flexibility index (Phi) is 4.60. The number of amidine groups is 1. The first-order chi connectivity index (χ1) is 13.6. The van der Waals surface area contributed by atoms with Crippen LogP contribution < -0.4 is 10.5 Å². The van der Waals surface area contributed by atoms with Gasteiger partial charge < -0.3 is 15.2 Å². The van der Waals surface area contributed by atoms with E-state index in [2.05, 4.69) is 19.7 Å². The van der Waals surface area contributed by atoms with Crippen LogP contribution in [0.3, 0.4) is 0 Å². The lowest BCUT2D eigenvalue weighted by Crippen LogP contribution is -2.27. The summed E-state index contributed by atoms with van der Waals surface area (Å²) in [6.45, 7) is -2.77. The van der Waals surface area contributed by atoms with Crippen LogP contribution in [0.5, 0.6) is 5.75 Å². The van der Waals surface area contributed by atoms with Crippen LogP contribution >= 0.6 is 0 Å². The quantitative estimate of drug-likeness (QED) is 0.732. The van der Waals surface area contributed by atoms with Crippen molar-refractivity contribution in [3.05, 3.63) is 78.4 Å². The Bertz CT molecular complexity index is 1010. The molecule has 8 heteroatoms. The van der Waals surface area contributed by atoms with E-state index < -0.39 is 12.2 Å². The highest BCUT2D eigenvalue weighted by atomic mass is 19.3. The molecule has 1 aromatic heterocycles. The van der Waals surface area contributed by atoms with Crippen molar-refractivity contribution in [2.24, 2.45) is 10.7 Å². The highest BCUT2D eigenvalue weighted by Gasteiger charge is 2.40. The molecule has 28 heavy (non-hydrogen) atoms. The first-order valence-corrected chi connectivity index (χ1v) is 8.46. The Morgan fingerprint density at radius 1 is 1.00 bits per heavy atom. The summed E-state index contributed by atoms with van der Waals surface area (Å²) >= 11 is 0. The third-order valence-corrected chi connectivity index (χ3v) is 4.50. The van der Waals surface area contributed by atoms with E-state index in [1.54, 1.807) is 24.5 Å². The van der Waals surface area contributed by atoms with Crippen LogP contribution in [0.4, 0.5) is 8.78 Å². The largest absolute Gasteiger partial charge is 0.462 e. The number of alkyl halides is 2. The summed E-state index contributed by atoms with van der Waals surface area (Å²) in [6.07, 6.45) is 4.87. The van der Waals surface area contributed by atoms with Gasteiger partial charge in [-0.15, -0.1) is 0 Å². The second-order valence-electron chi connectivity index (χ2n) is 6.21. The molecular weight excluding hydrogens is 366 g/mol. The molecule has 0 saturated carbocycles. The maximum atomic E-state index is 12.6. The van der Waals surface area contributed by atoms with Crippen molar-refractivity contribution in [2.75, 3.05) is 6.61 Å². The summed E-state index contributed by atoms with van der Waals surface area (Å²) in [6, 6.07) is 14.1. The van der Waals surface area contributed by atoms with E-state index in [0.29, 0.717) is 5.56 Å². The molecule has 2 N–H and O–H groups in total. The maximum absolute atomic E-state index is 12.6. The minimum atomic E-state index is -2.92. The van der Waals surface area contributed by atoms with E-state index in [-0.39, 0.29) is 18.4 Å². The fourth-order valence-electron chi connectivity index (χ4n) is 3.23. The first-order valence-electron chi connectivity index (χ1n) is 8.46. The van der Waals surface area contributed by atoms with E-state index in [0.717, 1.165) is 16.7 Å². The van der Waals surface area contributed by atoms with Gasteiger partial charge in [0.2, 0.25) is 0 Å². The van der Waals surface area contributed by atoms with Crippen molar-refractivity contribution >= 4 is 6.02 Å². The molecule has 0 radical (unpaired) electrons. The molecule has 2 aromatic carbocycles. The summed E-state index contributed by atoms with van der Waals surface area (Å²) in [5.74, 6) is 0.0418. The Morgan fingerprint density at radius 3 is 2.39 bits per heavy atom. The third-order valence-electron chi connectivity index (χ3n) is 4.50. The number of ether oxygens (including phenoxy) is 2. The topological polar surface area (TPSA) is 82.6 Å². The number of hydrogen-bond donors (Lipinski definition) is 1. The van der Waals surface area contributed by atoms with E-state index in [1.807, 2.05) is 24.3 Å². The van der Waals surface area contributed by atoms with E-state index in [4.69, 9.17) is 10.5 Å². The van der Waals surface area contributed by atoms with Gasteiger partial charge in [-0.3, -0.25) is 0 Å². The van der Waals surface area contributed by atoms with Crippen LogP contribution in [0.15, 0.2) is 72.2 Å². The lowest BCUT2D eigenvalue weighted by atomic mass is 9.83. The average molecular weight is 382 g/mol. The van der Waals surface area contributed by atoms with Gasteiger partial charge in [0.25, 0.3) is 6.02 Å². The van der Waals surface area contributed by atoms with Crippen molar-refractivity contribution in [1.82, 2.24) is 9.97 Å². The van der Waals surface area contributed by atoms with E-state index in [9.17, 15) is 8.78 Å². The normalized spacial score (nSPS) is 18.6. The zero-order valence-corrected chi connectivity index (χ0v) is 14.6. The standard InChI is InChI=1S/C20H16F2N4O2/c21-18(22)28-17-6-2-5-16(8-17)20(11-27-19(23)26-20)15-4-1-3-13(7-15)14-9-24-12-25-10-14/h1-10,12,18H,11H2,(H2,23,26)/t20-/m0/s1. The van der Waals surface area contributed by atoms with Crippen LogP contribution in [-0.4, -0.2) is 29.2 Å². The number of nitrogens with two attached hydrogens (primary N) is 1. The van der Waals surface area contributed by atoms with E-state index in [1.165, 1.54) is 18.5 Å². The van der Waals surface area contributed by atoms with Gasteiger partial charge in [0, 0.05) is 18.0 Å². The van der Waals surface area contributed by atoms with Crippen molar-refractivity contribution in [3.8, 4) is 16.9 Å². The molecule has 0 fully saturated rings. The molecule has 1 aliphatic rings. The summed E-state index contributed by atoms with van der Waals surface area (Å²) in [4.78, 5) is 12.6. The van der Waals surface area contributed by atoms with Gasteiger partial charge >= 0.3 is 6.61 Å². The summed E-state index contributed by atoms with van der Waals surface area (Å²) in [7, 11) is 0. The molecule has 0 spiro atoms. The second-order valence-corrected chi connectivity index (χ2v) is 6.21. The lowest BCUT2D eigenvalue weighted by Gasteiger charge is -2.26. The fourth-order valence-corrected chi connectivity index (χ4v) is 3.23. The SMILES string of the molecule is NC1=N[C@](c2cccc(OC(F)F)c2)(c2cccc(-c3cncnc3)c2)CO1. The maximum Gasteiger partial charge on any atom is 0.387 e. The van der Waals surface area contributed by atoms with Gasteiger partial charge in [-0.2, -0.15) is 8.78 Å². The Hall–Kier alpha value is -3.55. The predicted molar refractivity (Wildman–Crippen MR) is 98.9 cm³/mol. The number of aromatic nitrogens is 2. The van der Waals surface area contributed by atoms with Gasteiger partial charge in [-0.05, 0) is 34.9 Å². The second kappa shape index (κ2) is 7.22. The third kappa shape index (κ3) is 3.36. The van der Waals surface area contributed by atoms with Gasteiger partial charge in [-0.25, -0.2) is 15.0 Å². The monoisotopic (exact) mass is 382 g/mol. The van der Waals surface area contributed by atoms with Gasteiger partial charge in [0.05, 0.1) is 0 Å². The van der Waals surface area contributed by atoms with Crippen LogP contribution in [0.1, 0.15) is 11.1 Å². The molecule has 0 bridgehead atoms. The van der Waals surface area contributed by atoms with Crippen molar-refractivity contribution in [2.45, 2.75) is 12.2 Å². The first kappa shape index (κ1) is 17.8. The highest BCUT2D eigenvalue weighted by Crippen LogP contribution is 2.40. The number of halogens is 2. The Labute approximate surface area is 159 Å². The van der Waals surface area contributed by atoms with Crippen LogP contribution in [0.2, 0.25) is 0 Å². The molecule has 0 unspecified atom stereocenters. The summed E-state index contributed by atoms with van der Waals surface area (Å²) in [5.41, 5.74) is 7.99. The lowest BCUT2D eigenvalue weighted by molar-refractivity contribution is -0.0499. The summed E-state index contributed by atoms with van der Waals surface area (Å²) < 4.78 is 35.3. The molecule has 4 rings (SSSR count). The smallest absolute Gasteiger partial charge is 0.387 e. The van der Waals surface area contributed by atoms with Crippen LogP contribution in [0.25, 0.3) is 11.1 Å². The van der Waals surface area contributed by atoms with Crippen LogP contribution in [-0.2, 0) is 10.3 Å². The minimum absolute atomic E-state index is 0.0358. The number of rotatable bonds is 5. The average Bonchev–Trinajstić information content (AvgIpc) is 3.12. The minimum Gasteiger partial charge on any atom is -0.462 e. The zero-order valence-electron chi connectivity index (χ0n) is 14.6. The van der Waals surface area contributed by atoms with Crippen molar-refractivity contribution in [3.63, 3.8) is 0 Å². The number of benzene rings is 2. The van der Waals surface area contributed by atoms with Gasteiger partial charge in [0.15, 0.2) is 5.54 Å². The molecule has 0 aliphatic carbocycles. The number of aliphatic imine (C=N–C) groups is 1.